The van der Waals surface area contributed by atoms with Gasteiger partial charge in [-0.15, -0.1) is 0 Å². The summed E-state index contributed by atoms with van der Waals surface area (Å²) in [6, 6.07) is 58.3. The van der Waals surface area contributed by atoms with Crippen molar-refractivity contribution in [1.82, 2.24) is 0 Å². The normalized spacial score (nSPS) is 13.0. The molecule has 0 radical (unpaired) electrons. The van der Waals surface area contributed by atoms with Gasteiger partial charge < -0.3 is 22.9 Å². The van der Waals surface area contributed by atoms with Gasteiger partial charge in [0.15, 0.2) is 24.8 Å². The largest absolute Gasteiger partial charge is 0.743 e. The average Bonchev–Trinajstić information content (AvgIpc) is 1.05. The Bertz CT molecular complexity index is 3530. The Balaban J connectivity index is 0.000000240. The fraction of sp³-hybridized carbons (Fsp3) is 0.254. The second-order valence-corrected chi connectivity index (χ2v) is 25.5. The number of ether oxygens (including phenoxy) is 3. The molecular formula is C67H70F6O11S3. The Kier molecular flexibility index (Phi) is 26.0. The minimum absolute atomic E-state index is 0.0146. The lowest BCUT2D eigenvalue weighted by atomic mass is 9.99. The maximum atomic E-state index is 13.5. The fourth-order valence-corrected chi connectivity index (χ4v) is 11.4. The van der Waals surface area contributed by atoms with Crippen molar-refractivity contribution in [2.75, 3.05) is 0 Å². The first kappa shape index (κ1) is 71.6. The third-order valence-corrected chi connectivity index (χ3v) is 17.0. The van der Waals surface area contributed by atoms with Crippen LogP contribution in [-0.2, 0) is 56.8 Å². The summed E-state index contributed by atoms with van der Waals surface area (Å²) in [6.45, 7) is 25.6. The minimum atomic E-state index is -7.33. The molecule has 0 amide bonds. The number of carbonyl (C=O) groups is 2. The van der Waals surface area contributed by atoms with Crippen molar-refractivity contribution >= 4 is 66.0 Å². The average molecular weight is 1260 g/mol. The summed E-state index contributed by atoms with van der Waals surface area (Å²) < 4.78 is 152. The predicted molar refractivity (Wildman–Crippen MR) is 330 cm³/mol. The lowest BCUT2D eigenvalue weighted by Crippen LogP contribution is -2.61. The zero-order valence-electron chi connectivity index (χ0n) is 49.0. The summed E-state index contributed by atoms with van der Waals surface area (Å²) in [4.78, 5) is 26.3. The lowest BCUT2D eigenvalue weighted by molar-refractivity contribution is -0.247. The minimum Gasteiger partial charge on any atom is -0.743 e. The maximum Gasteiger partial charge on any atom is 0.450 e. The summed E-state index contributed by atoms with van der Waals surface area (Å²) in [7, 11) is -14.2. The van der Waals surface area contributed by atoms with Gasteiger partial charge in [0.1, 0.15) is 29.3 Å². The number of halogens is 6. The van der Waals surface area contributed by atoms with E-state index >= 15 is 0 Å². The van der Waals surface area contributed by atoms with E-state index in [1.807, 2.05) is 51.1 Å². The van der Waals surface area contributed by atoms with Crippen molar-refractivity contribution in [3.8, 4) is 11.5 Å². The maximum absolute atomic E-state index is 13.5. The third-order valence-electron chi connectivity index (χ3n) is 12.6. The zero-order valence-corrected chi connectivity index (χ0v) is 51.5. The molecule has 11 nitrogen and oxygen atoms in total. The van der Waals surface area contributed by atoms with Gasteiger partial charge in [-0.25, -0.2) is 18.0 Å². The van der Waals surface area contributed by atoms with Crippen LogP contribution in [0, 0.1) is 0 Å². The van der Waals surface area contributed by atoms with Crippen LogP contribution in [0.1, 0.15) is 90.3 Å². The van der Waals surface area contributed by atoms with Crippen LogP contribution in [0.5, 0.6) is 11.5 Å². The first-order valence-corrected chi connectivity index (χ1v) is 31.0. The van der Waals surface area contributed by atoms with Gasteiger partial charge in [-0.1, -0.05) is 167 Å². The van der Waals surface area contributed by atoms with E-state index in [1.165, 1.54) is 49.9 Å². The van der Waals surface area contributed by atoms with Crippen molar-refractivity contribution in [2.45, 2.75) is 123 Å². The molecule has 0 aliphatic heterocycles. The molecule has 1 saturated carbocycles. The topological polar surface area (TPSA) is 162 Å². The van der Waals surface area contributed by atoms with Gasteiger partial charge in [0.05, 0.1) is 10.9 Å². The van der Waals surface area contributed by atoms with E-state index in [9.17, 15) is 57.3 Å². The quantitative estimate of drug-likeness (QED) is 0.0201. The molecule has 7 aromatic rings. The Morgan fingerprint density at radius 1 is 0.586 bits per heavy atom. The van der Waals surface area contributed by atoms with Crippen LogP contribution in [0.2, 0.25) is 0 Å². The molecule has 0 aromatic heterocycles. The third kappa shape index (κ3) is 20.3. The van der Waals surface area contributed by atoms with Crippen molar-refractivity contribution in [3.63, 3.8) is 0 Å². The molecule has 7 aromatic carbocycles. The molecular weight excluding hydrogens is 1190 g/mol. The van der Waals surface area contributed by atoms with Crippen LogP contribution in [0.3, 0.4) is 0 Å². The summed E-state index contributed by atoms with van der Waals surface area (Å²) in [5.41, 5.74) is 3.00. The Morgan fingerprint density at radius 3 is 1.39 bits per heavy atom. The molecule has 1 fully saturated rings. The van der Waals surface area contributed by atoms with Gasteiger partial charge in [0, 0.05) is 11.1 Å². The Hall–Kier alpha value is -7.91. The van der Waals surface area contributed by atoms with Crippen molar-refractivity contribution < 1.29 is 75.7 Å². The molecule has 0 saturated heterocycles. The van der Waals surface area contributed by atoms with E-state index in [-0.39, 0.29) is 28.4 Å². The molecule has 464 valence electrons. The van der Waals surface area contributed by atoms with Crippen molar-refractivity contribution in [2.24, 2.45) is 0 Å². The zero-order chi connectivity index (χ0) is 64.9. The number of hydrogen-bond acceptors (Lipinski definition) is 11. The number of rotatable bonds is 18. The van der Waals surface area contributed by atoms with Crippen LogP contribution in [-0.4, -0.2) is 61.0 Å². The Morgan fingerprint density at radius 2 is 1.00 bits per heavy atom. The van der Waals surface area contributed by atoms with E-state index in [4.69, 9.17) is 14.2 Å². The summed E-state index contributed by atoms with van der Waals surface area (Å²) in [6.07, 6.45) is 8.38. The lowest BCUT2D eigenvalue weighted by Gasteiger charge is -2.32. The molecule has 0 heterocycles. The Labute approximate surface area is 509 Å². The fourth-order valence-electron chi connectivity index (χ4n) is 7.88. The highest BCUT2D eigenvalue weighted by atomic mass is 32.2. The molecule has 8 rings (SSSR count). The molecule has 0 spiro atoms. The van der Waals surface area contributed by atoms with Crippen LogP contribution in [0.25, 0.3) is 22.9 Å². The molecule has 0 atom stereocenters. The molecule has 0 bridgehead atoms. The van der Waals surface area contributed by atoms with Crippen LogP contribution in [0.15, 0.2) is 234 Å². The molecule has 20 heteroatoms. The number of alkyl halides is 6. The van der Waals surface area contributed by atoms with Gasteiger partial charge in [0.2, 0.25) is 0 Å². The molecule has 1 aliphatic rings. The van der Waals surface area contributed by atoms with Gasteiger partial charge in [-0.3, -0.25) is 0 Å². The van der Waals surface area contributed by atoms with Gasteiger partial charge in [0.25, 0.3) is 0 Å². The van der Waals surface area contributed by atoms with E-state index < -0.39 is 48.0 Å². The van der Waals surface area contributed by atoms with E-state index in [0.29, 0.717) is 35.4 Å². The first-order valence-electron chi connectivity index (χ1n) is 27.0. The number of fused-ring (bicyclic) bond motifs is 1. The monoisotopic (exact) mass is 1260 g/mol. The van der Waals surface area contributed by atoms with E-state index in [0.717, 1.165) is 42.7 Å². The number of esters is 2. The number of benzene rings is 7. The number of hydrogen-bond donors (Lipinski definition) is 0. The first-order chi connectivity index (χ1) is 40.7. The van der Waals surface area contributed by atoms with E-state index in [1.54, 1.807) is 13.8 Å². The summed E-state index contributed by atoms with van der Waals surface area (Å²) in [5, 5.41) is -11.2. The SMILES string of the molecule is C=C(C)C(=O)OC(C)(C)C.C=C(C)C(=O)OC1(CC)CCCC1.C=Cc1ccc(OCc2cccc3ccccc23)cc1.C=Cc1ccc(OS(=O)(=O)C(F)(F)C(F)(F)C(F)(F)S(=O)(=O)[O-])cc1.c1ccc([S+](c2ccccc2)c2ccccc2)cc1. The number of carbonyl (C=O) groups excluding carboxylic acids is 2. The second-order valence-electron chi connectivity index (χ2n) is 20.5. The highest BCUT2D eigenvalue weighted by Gasteiger charge is 2.81. The smallest absolute Gasteiger partial charge is 0.450 e. The highest BCUT2D eigenvalue weighted by molar-refractivity contribution is 7.97. The second kappa shape index (κ2) is 31.7. The van der Waals surface area contributed by atoms with Crippen LogP contribution >= 0.6 is 0 Å². The van der Waals surface area contributed by atoms with Crippen LogP contribution < -0.4 is 8.92 Å². The molecule has 1 aliphatic carbocycles. The van der Waals surface area contributed by atoms with E-state index in [2.05, 4.69) is 171 Å². The molecule has 0 N–H and O–H groups in total. The van der Waals surface area contributed by atoms with Gasteiger partial charge >= 0.3 is 38.5 Å². The highest BCUT2D eigenvalue weighted by Crippen LogP contribution is 2.51. The van der Waals surface area contributed by atoms with Crippen LogP contribution in [0.4, 0.5) is 26.3 Å². The summed E-state index contributed by atoms with van der Waals surface area (Å²) in [5.74, 6) is -7.75. The molecule has 0 unspecified atom stereocenters. The van der Waals surface area contributed by atoms with Crippen molar-refractivity contribution in [1.29, 1.82) is 0 Å². The standard InChI is InChI=1S/C19H16O.C18H15S.C11H8F6O6S2.C11H18O2.C8H14O2/c1-2-15-10-12-18(13-11-15)20-14-17-8-5-7-16-6-3-4-9-19(16)17;1-4-10-16(11-5-1)19(17-12-6-2-7-13-17)18-14-8-3-9-15-18;1-2-7-3-5-8(6-4-7)23-25(21,22)11(16,17)9(12,13)10(14,15)24(18,19)20;1-4-11(7-5-6-8-11)13-10(12)9(2)3;1-6(2)7(9)10-8(3,4)5/h2-13H,1,14H2;1-15H;2-6H,1H2,(H,18,19,20);2,4-8H2,1,3H3;1H2,2-5H3/q;+1;;;/p-1. The van der Waals surface area contributed by atoms with Gasteiger partial charge in [-0.2, -0.15) is 34.8 Å². The molecule has 87 heavy (non-hydrogen) atoms. The van der Waals surface area contributed by atoms with Gasteiger partial charge in [-0.05, 0) is 155 Å². The summed E-state index contributed by atoms with van der Waals surface area (Å²) >= 11 is 0. The predicted octanol–water partition coefficient (Wildman–Crippen LogP) is 17.0. The van der Waals surface area contributed by atoms with Crippen molar-refractivity contribution in [3.05, 3.63) is 236 Å².